The Balaban J connectivity index is 2.41. The van der Waals surface area contributed by atoms with E-state index in [-0.39, 0.29) is 0 Å². The first kappa shape index (κ1) is 8.97. The van der Waals surface area contributed by atoms with Crippen LogP contribution >= 0.6 is 22.7 Å². The monoisotopic (exact) mass is 208 g/mol. The lowest BCUT2D eigenvalue weighted by Gasteiger charge is -1.92. The van der Waals surface area contributed by atoms with Gasteiger partial charge >= 0.3 is 0 Å². The minimum atomic E-state index is 1.14. The maximum Gasteiger partial charge on any atom is 0.0471 e. The molecule has 0 saturated heterocycles. The van der Waals surface area contributed by atoms with E-state index in [0.29, 0.717) is 0 Å². The molecule has 13 heavy (non-hydrogen) atoms. The molecule has 0 aliphatic rings. The van der Waals surface area contributed by atoms with Crippen LogP contribution in [0.1, 0.15) is 18.1 Å². The van der Waals surface area contributed by atoms with Gasteiger partial charge in [-0.25, -0.2) is 0 Å². The summed E-state index contributed by atoms with van der Waals surface area (Å²) in [6.45, 7) is 4.38. The molecule has 0 aliphatic carbocycles. The molecule has 0 atom stereocenters. The van der Waals surface area contributed by atoms with Crippen LogP contribution in [-0.4, -0.2) is 0 Å². The van der Waals surface area contributed by atoms with Crippen molar-refractivity contribution >= 4 is 22.7 Å². The van der Waals surface area contributed by atoms with E-state index in [4.69, 9.17) is 0 Å². The van der Waals surface area contributed by atoms with Gasteiger partial charge in [0, 0.05) is 9.75 Å². The van der Waals surface area contributed by atoms with Crippen molar-refractivity contribution in [2.75, 3.05) is 0 Å². The number of hydrogen-bond donors (Lipinski definition) is 0. The molecule has 0 aromatic carbocycles. The van der Waals surface area contributed by atoms with Crippen molar-refractivity contribution in [2.24, 2.45) is 0 Å². The lowest BCUT2D eigenvalue weighted by atomic mass is 10.2. The second-order valence-electron chi connectivity index (χ2n) is 3.11. The molecule has 0 unspecified atom stereocenters. The highest BCUT2D eigenvalue weighted by molar-refractivity contribution is 7.20. The zero-order valence-electron chi connectivity index (χ0n) is 7.83. The summed E-state index contributed by atoms with van der Waals surface area (Å²) in [4.78, 5) is 2.86. The summed E-state index contributed by atoms with van der Waals surface area (Å²) < 4.78 is 0. The Morgan fingerprint density at radius 2 is 2.15 bits per heavy atom. The van der Waals surface area contributed by atoms with Crippen molar-refractivity contribution in [3.05, 3.63) is 34.0 Å². The summed E-state index contributed by atoms with van der Waals surface area (Å²) >= 11 is 3.69. The Morgan fingerprint density at radius 3 is 2.69 bits per heavy atom. The number of thiophene rings is 2. The Kier molecular flexibility index (Phi) is 2.51. The van der Waals surface area contributed by atoms with Gasteiger partial charge in [0.15, 0.2) is 0 Å². The van der Waals surface area contributed by atoms with Gasteiger partial charge in [-0.05, 0) is 47.4 Å². The highest BCUT2D eigenvalue weighted by Gasteiger charge is 2.05. The molecular formula is C11H12S2. The first-order chi connectivity index (χ1) is 6.31. The van der Waals surface area contributed by atoms with Crippen LogP contribution in [0, 0.1) is 6.92 Å². The van der Waals surface area contributed by atoms with E-state index in [1.165, 1.54) is 20.9 Å². The predicted molar refractivity (Wildman–Crippen MR) is 61.7 cm³/mol. The normalized spacial score (nSPS) is 10.6. The van der Waals surface area contributed by atoms with Gasteiger partial charge in [0.05, 0.1) is 0 Å². The molecule has 2 heterocycles. The first-order valence-corrected chi connectivity index (χ1v) is 6.19. The van der Waals surface area contributed by atoms with E-state index in [0.717, 1.165) is 6.42 Å². The third-order valence-corrected chi connectivity index (χ3v) is 4.32. The van der Waals surface area contributed by atoms with Crippen molar-refractivity contribution in [3.8, 4) is 9.75 Å². The molecule has 2 rings (SSSR count). The summed E-state index contributed by atoms with van der Waals surface area (Å²) in [6.07, 6.45) is 1.14. The Hall–Kier alpha value is -0.600. The van der Waals surface area contributed by atoms with Gasteiger partial charge in [-0.2, -0.15) is 0 Å². The van der Waals surface area contributed by atoms with E-state index >= 15 is 0 Å². The fourth-order valence-corrected chi connectivity index (χ4v) is 3.43. The highest BCUT2D eigenvalue weighted by Crippen LogP contribution is 2.33. The SMILES string of the molecule is CCc1csc(-c2sccc2C)c1. The summed E-state index contributed by atoms with van der Waals surface area (Å²) in [5.74, 6) is 0. The van der Waals surface area contributed by atoms with Crippen molar-refractivity contribution < 1.29 is 0 Å². The van der Waals surface area contributed by atoms with Crippen LogP contribution in [0.4, 0.5) is 0 Å². The maximum absolute atomic E-state index is 2.31. The quantitative estimate of drug-likeness (QED) is 0.688. The minimum absolute atomic E-state index is 1.14. The fourth-order valence-electron chi connectivity index (χ4n) is 1.31. The third-order valence-electron chi connectivity index (χ3n) is 2.15. The largest absolute Gasteiger partial charge is 0.143 e. The standard InChI is InChI=1S/C11H12S2/c1-3-9-6-10(13-7-9)11-8(2)4-5-12-11/h4-7H,3H2,1-2H3. The van der Waals surface area contributed by atoms with Gasteiger partial charge in [-0.15, -0.1) is 22.7 Å². The molecule has 0 aliphatic heterocycles. The Bertz CT molecular complexity index is 396. The molecule has 0 spiro atoms. The smallest absolute Gasteiger partial charge is 0.0471 e. The van der Waals surface area contributed by atoms with E-state index in [2.05, 4.69) is 36.7 Å². The van der Waals surface area contributed by atoms with E-state index in [1.807, 2.05) is 22.7 Å². The van der Waals surface area contributed by atoms with Gasteiger partial charge in [-0.1, -0.05) is 6.92 Å². The van der Waals surface area contributed by atoms with E-state index in [9.17, 15) is 0 Å². The molecule has 0 saturated carbocycles. The molecule has 0 nitrogen and oxygen atoms in total. The Morgan fingerprint density at radius 1 is 1.31 bits per heavy atom. The molecule has 0 bridgehead atoms. The predicted octanol–water partition coefficient (Wildman–Crippen LogP) is 4.35. The van der Waals surface area contributed by atoms with Crippen molar-refractivity contribution in [2.45, 2.75) is 20.3 Å². The highest BCUT2D eigenvalue weighted by atomic mass is 32.1. The third kappa shape index (κ3) is 1.69. The van der Waals surface area contributed by atoms with Crippen molar-refractivity contribution in [1.29, 1.82) is 0 Å². The van der Waals surface area contributed by atoms with Gasteiger partial charge in [0.2, 0.25) is 0 Å². The second-order valence-corrected chi connectivity index (χ2v) is 4.93. The number of hydrogen-bond acceptors (Lipinski definition) is 2. The van der Waals surface area contributed by atoms with Gasteiger partial charge in [0.1, 0.15) is 0 Å². The van der Waals surface area contributed by atoms with Crippen LogP contribution in [0.15, 0.2) is 22.9 Å². The van der Waals surface area contributed by atoms with Crippen LogP contribution in [0.3, 0.4) is 0 Å². The first-order valence-electron chi connectivity index (χ1n) is 4.43. The van der Waals surface area contributed by atoms with Crippen LogP contribution in [0.5, 0.6) is 0 Å². The molecule has 0 amide bonds. The van der Waals surface area contributed by atoms with Crippen molar-refractivity contribution in [3.63, 3.8) is 0 Å². The van der Waals surface area contributed by atoms with Crippen LogP contribution in [0.2, 0.25) is 0 Å². The van der Waals surface area contributed by atoms with Gasteiger partial charge in [-0.3, -0.25) is 0 Å². The topological polar surface area (TPSA) is 0 Å². The van der Waals surface area contributed by atoms with Crippen LogP contribution in [0.25, 0.3) is 9.75 Å². The van der Waals surface area contributed by atoms with Gasteiger partial charge < -0.3 is 0 Å². The number of aryl methyl sites for hydroxylation is 2. The second kappa shape index (κ2) is 3.64. The number of rotatable bonds is 2. The average molecular weight is 208 g/mol. The van der Waals surface area contributed by atoms with E-state index < -0.39 is 0 Å². The molecule has 0 radical (unpaired) electrons. The summed E-state index contributed by atoms with van der Waals surface area (Å²) in [6, 6.07) is 4.49. The maximum atomic E-state index is 2.31. The molecule has 0 fully saturated rings. The molecule has 2 aromatic heterocycles. The molecule has 2 aromatic rings. The van der Waals surface area contributed by atoms with Gasteiger partial charge in [0.25, 0.3) is 0 Å². The molecule has 68 valence electrons. The average Bonchev–Trinajstić information content (AvgIpc) is 2.71. The Labute approximate surface area is 86.9 Å². The zero-order chi connectivity index (χ0) is 9.26. The summed E-state index contributed by atoms with van der Waals surface area (Å²) in [5, 5.41) is 4.42. The molecular weight excluding hydrogens is 196 g/mol. The molecule has 0 N–H and O–H groups in total. The zero-order valence-corrected chi connectivity index (χ0v) is 9.47. The lowest BCUT2D eigenvalue weighted by molar-refractivity contribution is 1.16. The lowest BCUT2D eigenvalue weighted by Crippen LogP contribution is -1.71. The minimum Gasteiger partial charge on any atom is -0.143 e. The van der Waals surface area contributed by atoms with Crippen LogP contribution in [-0.2, 0) is 6.42 Å². The van der Waals surface area contributed by atoms with E-state index in [1.54, 1.807) is 0 Å². The van der Waals surface area contributed by atoms with Crippen molar-refractivity contribution in [1.82, 2.24) is 0 Å². The summed E-state index contributed by atoms with van der Waals surface area (Å²) in [7, 11) is 0. The van der Waals surface area contributed by atoms with Crippen LogP contribution < -0.4 is 0 Å². The summed E-state index contributed by atoms with van der Waals surface area (Å²) in [5.41, 5.74) is 2.85. The molecule has 2 heteroatoms. The fraction of sp³-hybridized carbons (Fsp3) is 0.273.